The molecular weight excluding hydrogens is 574 g/mol. The number of halogens is 3. The molecule has 4 rings (SSSR count). The number of rotatable bonds is 10. The molecule has 14 heteroatoms. The van der Waals surface area contributed by atoms with E-state index in [1.54, 1.807) is 17.0 Å². The van der Waals surface area contributed by atoms with Crippen LogP contribution in [-0.4, -0.2) is 78.9 Å². The van der Waals surface area contributed by atoms with Crippen LogP contribution >= 0.6 is 11.6 Å². The number of nitrogens with zero attached hydrogens (tertiary/aromatic N) is 3. The number of likely N-dealkylation sites (N-methyl/N-ethyl adjacent to an activating group) is 1. The molecule has 1 atom stereocenters. The van der Waals surface area contributed by atoms with E-state index in [2.05, 4.69) is 21.1 Å². The highest BCUT2D eigenvalue weighted by molar-refractivity contribution is 6.31. The monoisotopic (exact) mass is 604 g/mol. The number of hydrogen-bond acceptors (Lipinski definition) is 7. The fraction of sp³-hybridized carbons (Fsp3) is 0.357. The van der Waals surface area contributed by atoms with Crippen molar-refractivity contribution in [1.82, 2.24) is 25.6 Å². The predicted molar refractivity (Wildman–Crippen MR) is 151 cm³/mol. The van der Waals surface area contributed by atoms with Crippen LogP contribution in [0.1, 0.15) is 18.4 Å². The molecule has 42 heavy (non-hydrogen) atoms. The summed E-state index contributed by atoms with van der Waals surface area (Å²) in [6, 6.07) is 10.2. The quantitative estimate of drug-likeness (QED) is 0.316. The van der Waals surface area contributed by atoms with Gasteiger partial charge in [0.1, 0.15) is 18.2 Å². The van der Waals surface area contributed by atoms with E-state index in [9.17, 15) is 23.2 Å². The first-order valence-electron chi connectivity index (χ1n) is 13.3. The second kappa shape index (κ2) is 14.6. The number of carbonyl (C=O) groups is 3. The number of amides is 4. The van der Waals surface area contributed by atoms with Crippen molar-refractivity contribution in [3.05, 3.63) is 70.8 Å². The Morgan fingerprint density at radius 1 is 1.17 bits per heavy atom. The SMILES string of the molecule is CN(C(=O)NCc1cccc(F)c1Cl)C(CCC(=O)N1CCNCC1)COC(=O)Nc1cc(-c2cccc(F)c2)on1. The number of hydrogen-bond donors (Lipinski definition) is 3. The van der Waals surface area contributed by atoms with Crippen LogP contribution in [0.15, 0.2) is 53.1 Å². The fourth-order valence-electron chi connectivity index (χ4n) is 4.32. The van der Waals surface area contributed by atoms with Crippen molar-refractivity contribution < 1.29 is 32.4 Å². The Morgan fingerprint density at radius 2 is 1.93 bits per heavy atom. The van der Waals surface area contributed by atoms with E-state index in [1.165, 1.54) is 48.3 Å². The van der Waals surface area contributed by atoms with Gasteiger partial charge in [-0.15, -0.1) is 0 Å². The van der Waals surface area contributed by atoms with Crippen molar-refractivity contribution in [1.29, 1.82) is 0 Å². The van der Waals surface area contributed by atoms with Crippen molar-refractivity contribution >= 4 is 35.5 Å². The lowest BCUT2D eigenvalue weighted by molar-refractivity contribution is -0.132. The van der Waals surface area contributed by atoms with Crippen LogP contribution in [-0.2, 0) is 16.1 Å². The van der Waals surface area contributed by atoms with Crippen LogP contribution < -0.4 is 16.0 Å². The average molecular weight is 605 g/mol. The first kappa shape index (κ1) is 30.7. The minimum absolute atomic E-state index is 0.0344. The third-order valence-electron chi connectivity index (χ3n) is 6.75. The number of urea groups is 1. The van der Waals surface area contributed by atoms with Gasteiger partial charge in [0.25, 0.3) is 0 Å². The number of piperazine rings is 1. The predicted octanol–water partition coefficient (Wildman–Crippen LogP) is 4.24. The summed E-state index contributed by atoms with van der Waals surface area (Å²) in [6.45, 7) is 2.30. The molecule has 0 saturated carbocycles. The summed E-state index contributed by atoms with van der Waals surface area (Å²) < 4.78 is 37.9. The average Bonchev–Trinajstić information content (AvgIpc) is 3.46. The molecule has 11 nitrogen and oxygen atoms in total. The molecule has 224 valence electrons. The maximum Gasteiger partial charge on any atom is 0.412 e. The third kappa shape index (κ3) is 8.40. The van der Waals surface area contributed by atoms with Gasteiger partial charge in [0.05, 0.1) is 11.1 Å². The highest BCUT2D eigenvalue weighted by Crippen LogP contribution is 2.23. The maximum atomic E-state index is 13.8. The van der Waals surface area contributed by atoms with Crippen LogP contribution in [0.4, 0.5) is 24.2 Å². The Balaban J connectivity index is 1.36. The molecule has 3 N–H and O–H groups in total. The number of anilines is 1. The zero-order valence-corrected chi connectivity index (χ0v) is 23.6. The summed E-state index contributed by atoms with van der Waals surface area (Å²) in [5, 5.41) is 12.0. The molecule has 0 aliphatic carbocycles. The lowest BCUT2D eigenvalue weighted by Gasteiger charge is -2.30. The van der Waals surface area contributed by atoms with Crippen molar-refractivity contribution in [2.24, 2.45) is 0 Å². The summed E-state index contributed by atoms with van der Waals surface area (Å²) in [5.74, 6) is -0.840. The maximum absolute atomic E-state index is 13.8. The van der Waals surface area contributed by atoms with Gasteiger partial charge in [0.2, 0.25) is 5.91 Å². The molecule has 1 aliphatic rings. The van der Waals surface area contributed by atoms with Crippen molar-refractivity contribution in [2.45, 2.75) is 25.4 Å². The molecule has 1 aromatic heterocycles. The largest absolute Gasteiger partial charge is 0.447 e. The topological polar surface area (TPSA) is 129 Å². The van der Waals surface area contributed by atoms with E-state index in [4.69, 9.17) is 20.9 Å². The number of aromatic nitrogens is 1. The molecule has 2 heterocycles. The van der Waals surface area contributed by atoms with Crippen molar-refractivity contribution in [3.8, 4) is 11.3 Å². The fourth-order valence-corrected chi connectivity index (χ4v) is 4.51. The Labute approximate surface area is 246 Å². The standard InChI is InChI=1S/C28H31ClF2N6O5/c1-36(27(39)33-16-19-5-3-7-22(31)26(19)29)21(8-9-25(38)37-12-10-32-11-13-37)17-41-28(40)34-24-15-23(42-35-24)18-4-2-6-20(30)14-18/h2-7,14-15,21,32H,8-13,16-17H2,1H3,(H,33,39)(H,34,35,40). The molecular formula is C28H31ClF2N6O5. The second-order valence-electron chi connectivity index (χ2n) is 9.62. The molecule has 1 aliphatic heterocycles. The molecule has 3 aromatic rings. The van der Waals surface area contributed by atoms with Gasteiger partial charge in [-0.2, -0.15) is 0 Å². The zero-order valence-electron chi connectivity index (χ0n) is 22.9. The number of carbonyl (C=O) groups excluding carboxylic acids is 3. The molecule has 0 bridgehead atoms. The summed E-state index contributed by atoms with van der Waals surface area (Å²) >= 11 is 5.99. The van der Waals surface area contributed by atoms with Gasteiger partial charge in [0, 0.05) is 57.8 Å². The third-order valence-corrected chi connectivity index (χ3v) is 7.17. The second-order valence-corrected chi connectivity index (χ2v) is 9.99. The first-order valence-corrected chi connectivity index (χ1v) is 13.7. The normalized spacial score (nSPS) is 13.8. The van der Waals surface area contributed by atoms with Gasteiger partial charge in [-0.1, -0.05) is 41.0 Å². The Bertz CT molecular complexity index is 1400. The molecule has 2 aromatic carbocycles. The number of benzene rings is 2. The molecule has 1 fully saturated rings. The van der Waals surface area contributed by atoms with Crippen LogP contribution in [0, 0.1) is 11.6 Å². The lowest BCUT2D eigenvalue weighted by Crippen LogP contribution is -2.48. The highest BCUT2D eigenvalue weighted by atomic mass is 35.5. The van der Waals surface area contributed by atoms with Gasteiger partial charge < -0.3 is 29.7 Å². The lowest BCUT2D eigenvalue weighted by atomic mass is 10.1. The molecule has 1 unspecified atom stereocenters. The van der Waals surface area contributed by atoms with Crippen LogP contribution in [0.3, 0.4) is 0 Å². The van der Waals surface area contributed by atoms with Crippen LogP contribution in [0.2, 0.25) is 5.02 Å². The van der Waals surface area contributed by atoms with E-state index in [0.717, 1.165) is 0 Å². The first-order chi connectivity index (χ1) is 20.2. The minimum atomic E-state index is -0.868. The molecule has 0 radical (unpaired) electrons. The summed E-state index contributed by atoms with van der Waals surface area (Å²) in [6.07, 6.45) is -0.523. The zero-order chi connectivity index (χ0) is 30.1. The van der Waals surface area contributed by atoms with E-state index < -0.39 is 29.8 Å². The van der Waals surface area contributed by atoms with E-state index in [1.807, 2.05) is 0 Å². The Kier molecular flexibility index (Phi) is 10.7. The van der Waals surface area contributed by atoms with Crippen molar-refractivity contribution in [3.63, 3.8) is 0 Å². The summed E-state index contributed by atoms with van der Waals surface area (Å²) in [4.78, 5) is 41.3. The summed E-state index contributed by atoms with van der Waals surface area (Å²) in [7, 11) is 1.51. The van der Waals surface area contributed by atoms with E-state index >= 15 is 0 Å². The van der Waals surface area contributed by atoms with Gasteiger partial charge >= 0.3 is 12.1 Å². The van der Waals surface area contributed by atoms with E-state index in [-0.39, 0.29) is 48.5 Å². The smallest absolute Gasteiger partial charge is 0.412 e. The summed E-state index contributed by atoms with van der Waals surface area (Å²) in [5.41, 5.74) is 0.829. The Morgan fingerprint density at radius 3 is 2.69 bits per heavy atom. The number of nitrogens with one attached hydrogen (secondary N) is 3. The molecule has 0 spiro atoms. The van der Waals surface area contributed by atoms with Gasteiger partial charge in [0.15, 0.2) is 11.6 Å². The molecule has 4 amide bonds. The Hall–Kier alpha value is -4.23. The molecule has 1 saturated heterocycles. The van der Waals surface area contributed by atoms with E-state index in [0.29, 0.717) is 37.3 Å². The number of ether oxygens (including phenoxy) is 1. The van der Waals surface area contributed by atoms with Gasteiger partial charge in [-0.25, -0.2) is 18.4 Å². The minimum Gasteiger partial charge on any atom is -0.447 e. The van der Waals surface area contributed by atoms with Gasteiger partial charge in [-0.05, 0) is 30.2 Å². The highest BCUT2D eigenvalue weighted by Gasteiger charge is 2.25. The van der Waals surface area contributed by atoms with Crippen LogP contribution in [0.5, 0.6) is 0 Å². The van der Waals surface area contributed by atoms with Gasteiger partial charge in [-0.3, -0.25) is 10.1 Å². The van der Waals surface area contributed by atoms with Crippen LogP contribution in [0.25, 0.3) is 11.3 Å². The van der Waals surface area contributed by atoms with Crippen molar-refractivity contribution in [2.75, 3.05) is 45.2 Å².